The second-order valence-electron chi connectivity index (χ2n) is 9.88. The fourth-order valence-corrected chi connectivity index (χ4v) is 5.12. The summed E-state index contributed by atoms with van der Waals surface area (Å²) in [6.07, 6.45) is 3.30. The van der Waals surface area contributed by atoms with Crippen molar-refractivity contribution in [1.82, 2.24) is 30.1 Å². The van der Waals surface area contributed by atoms with Crippen LogP contribution in [0.3, 0.4) is 0 Å². The van der Waals surface area contributed by atoms with Gasteiger partial charge >= 0.3 is 6.03 Å². The number of amides is 2. The molecule has 5 heterocycles. The number of rotatable bonds is 8. The number of fused-ring (bicyclic) bond motifs is 1. The van der Waals surface area contributed by atoms with Gasteiger partial charge in [-0.2, -0.15) is 14.6 Å². The number of nitrogens with one attached hydrogen (secondary N) is 2. The Morgan fingerprint density at radius 2 is 2.05 bits per heavy atom. The molecule has 0 aliphatic carbocycles. The van der Waals surface area contributed by atoms with Crippen LogP contribution in [0.4, 0.5) is 15.0 Å². The van der Waals surface area contributed by atoms with Crippen molar-refractivity contribution in [2.75, 3.05) is 38.7 Å². The molecule has 3 aromatic heterocycles. The summed E-state index contributed by atoms with van der Waals surface area (Å²) in [5, 5.41) is 12.6. The lowest BCUT2D eigenvalue weighted by atomic mass is 10.0. The molecular weight excluding hydrogens is 529 g/mol. The first-order valence-electron chi connectivity index (χ1n) is 13.4. The number of pyridine rings is 2. The molecule has 2 aliphatic heterocycles. The maximum atomic E-state index is 13.9. The Labute approximate surface area is 236 Å². The average molecular weight is 560 g/mol. The van der Waals surface area contributed by atoms with Gasteiger partial charge < -0.3 is 14.8 Å². The lowest BCUT2D eigenvalue weighted by molar-refractivity contribution is -0.154. The number of methoxy groups -OCH3 is 1. The molecule has 1 fully saturated rings. The highest BCUT2D eigenvalue weighted by atomic mass is 19.1. The molecule has 1 aromatic carbocycles. The van der Waals surface area contributed by atoms with E-state index in [0.29, 0.717) is 49.3 Å². The largest absolute Gasteiger partial charge is 0.477 e. The topological polar surface area (TPSA) is 116 Å². The summed E-state index contributed by atoms with van der Waals surface area (Å²) in [7, 11) is 1.61. The maximum absolute atomic E-state index is 13.9. The van der Waals surface area contributed by atoms with Gasteiger partial charge in [-0.3, -0.25) is 10.2 Å². The highest BCUT2D eigenvalue weighted by Gasteiger charge is 2.37. The highest BCUT2D eigenvalue weighted by molar-refractivity contribution is 5.91. The SMILES string of the molecule is COCCN1C[C@@H](NC(=O)Nc2c(C)c(-c3cnc4c(c3)CCO4)nn2-c2ccccc2)[C@H](c2ccnc(F)c2)O1. The molecule has 6 rings (SSSR count). The molecule has 0 saturated carbocycles. The van der Waals surface area contributed by atoms with Crippen molar-refractivity contribution in [1.29, 1.82) is 0 Å². The number of carbonyl (C=O) groups is 1. The number of hydrogen-bond donors (Lipinski definition) is 2. The number of carbonyl (C=O) groups excluding carboxylic acids is 1. The molecule has 2 amide bonds. The number of urea groups is 1. The van der Waals surface area contributed by atoms with Crippen LogP contribution in [0.2, 0.25) is 0 Å². The third-order valence-corrected chi connectivity index (χ3v) is 7.13. The molecule has 0 unspecified atom stereocenters. The van der Waals surface area contributed by atoms with Gasteiger partial charge in [0.25, 0.3) is 0 Å². The lowest BCUT2D eigenvalue weighted by Crippen LogP contribution is -2.42. The third kappa shape index (κ3) is 5.62. The summed E-state index contributed by atoms with van der Waals surface area (Å²) in [6.45, 7) is 3.84. The Bertz CT molecular complexity index is 1550. The molecule has 0 bridgehead atoms. The number of para-hydroxylation sites is 1. The number of halogens is 1. The van der Waals surface area contributed by atoms with Crippen LogP contribution >= 0.6 is 0 Å². The van der Waals surface area contributed by atoms with E-state index in [1.54, 1.807) is 29.1 Å². The maximum Gasteiger partial charge on any atom is 0.320 e. The van der Waals surface area contributed by atoms with E-state index < -0.39 is 24.1 Å². The number of ether oxygens (including phenoxy) is 2. The van der Waals surface area contributed by atoms with Crippen molar-refractivity contribution in [3.05, 3.63) is 83.6 Å². The first kappa shape index (κ1) is 26.8. The predicted octanol–water partition coefficient (Wildman–Crippen LogP) is 3.84. The van der Waals surface area contributed by atoms with Gasteiger partial charge in [0.15, 0.2) is 0 Å². The molecule has 12 heteroatoms. The molecule has 2 atom stereocenters. The summed E-state index contributed by atoms with van der Waals surface area (Å²) in [5.74, 6) is 0.544. The van der Waals surface area contributed by atoms with Gasteiger partial charge in [0.05, 0.1) is 30.6 Å². The van der Waals surface area contributed by atoms with Gasteiger partial charge in [-0.15, -0.1) is 0 Å². The monoisotopic (exact) mass is 559 g/mol. The number of hydroxylamine groups is 2. The van der Waals surface area contributed by atoms with Crippen LogP contribution < -0.4 is 15.4 Å². The number of benzene rings is 1. The zero-order chi connectivity index (χ0) is 28.3. The molecular formula is C29H30FN7O4. The van der Waals surface area contributed by atoms with E-state index in [0.717, 1.165) is 28.8 Å². The van der Waals surface area contributed by atoms with Gasteiger partial charge in [0.2, 0.25) is 11.8 Å². The van der Waals surface area contributed by atoms with Crippen LogP contribution in [0.25, 0.3) is 16.9 Å². The van der Waals surface area contributed by atoms with E-state index in [4.69, 9.17) is 19.4 Å². The minimum absolute atomic E-state index is 0.385. The Morgan fingerprint density at radius 3 is 2.85 bits per heavy atom. The van der Waals surface area contributed by atoms with Crippen molar-refractivity contribution in [3.63, 3.8) is 0 Å². The van der Waals surface area contributed by atoms with Crippen molar-refractivity contribution in [2.24, 2.45) is 0 Å². The fourth-order valence-electron chi connectivity index (χ4n) is 5.12. The minimum atomic E-state index is -0.618. The van der Waals surface area contributed by atoms with Gasteiger partial charge in [-0.1, -0.05) is 18.2 Å². The summed E-state index contributed by atoms with van der Waals surface area (Å²) < 4.78 is 26.4. The standard InChI is InChI=1S/C29H30FN7O4/c1-18-25(21-14-20-9-12-40-28(20)32-16-21)35-37(22-6-4-3-5-7-22)27(18)34-29(38)33-23-17-36(11-13-39-2)41-26(23)19-8-10-31-24(30)15-19/h3-8,10,14-16,23,26H,9,11-13,17H2,1-2H3,(H2,33,34,38)/t23-,26+/m1/s1. The molecule has 2 aliphatic rings. The molecule has 41 heavy (non-hydrogen) atoms. The molecule has 0 spiro atoms. The Balaban J connectivity index is 1.28. The van der Waals surface area contributed by atoms with Gasteiger partial charge in [0, 0.05) is 55.7 Å². The number of hydrogen-bond acceptors (Lipinski definition) is 8. The van der Waals surface area contributed by atoms with E-state index in [-0.39, 0.29) is 0 Å². The lowest BCUT2D eigenvalue weighted by Gasteiger charge is -2.19. The Morgan fingerprint density at radius 1 is 1.20 bits per heavy atom. The first-order valence-corrected chi connectivity index (χ1v) is 13.4. The summed E-state index contributed by atoms with van der Waals surface area (Å²) >= 11 is 0. The molecule has 212 valence electrons. The normalized spacial score (nSPS) is 18.2. The highest BCUT2D eigenvalue weighted by Crippen LogP contribution is 2.34. The van der Waals surface area contributed by atoms with Crippen molar-refractivity contribution in [2.45, 2.75) is 25.5 Å². The number of nitrogens with zero attached hydrogens (tertiary/aromatic N) is 5. The summed E-state index contributed by atoms with van der Waals surface area (Å²) in [6, 6.07) is 13.7. The van der Waals surface area contributed by atoms with E-state index in [1.807, 2.05) is 43.3 Å². The molecule has 0 radical (unpaired) electrons. The minimum Gasteiger partial charge on any atom is -0.477 e. The van der Waals surface area contributed by atoms with Crippen LogP contribution in [-0.4, -0.2) is 70.3 Å². The predicted molar refractivity (Wildman–Crippen MR) is 148 cm³/mol. The van der Waals surface area contributed by atoms with E-state index in [9.17, 15) is 9.18 Å². The zero-order valence-corrected chi connectivity index (χ0v) is 22.7. The number of aromatic nitrogens is 4. The fraction of sp³-hybridized carbons (Fsp3) is 0.310. The smallest absolute Gasteiger partial charge is 0.320 e. The second-order valence-corrected chi connectivity index (χ2v) is 9.88. The molecule has 11 nitrogen and oxygen atoms in total. The quantitative estimate of drug-likeness (QED) is 0.313. The van der Waals surface area contributed by atoms with Crippen LogP contribution in [-0.2, 0) is 16.0 Å². The van der Waals surface area contributed by atoms with Gasteiger partial charge in [0.1, 0.15) is 11.9 Å². The number of anilines is 1. The van der Waals surface area contributed by atoms with Gasteiger partial charge in [-0.25, -0.2) is 19.4 Å². The van der Waals surface area contributed by atoms with E-state index in [2.05, 4.69) is 20.6 Å². The van der Waals surface area contributed by atoms with E-state index >= 15 is 0 Å². The van der Waals surface area contributed by atoms with Crippen LogP contribution in [0.5, 0.6) is 5.88 Å². The zero-order valence-electron chi connectivity index (χ0n) is 22.7. The van der Waals surface area contributed by atoms with Crippen LogP contribution in [0.15, 0.2) is 60.9 Å². The third-order valence-electron chi connectivity index (χ3n) is 7.13. The molecule has 4 aromatic rings. The van der Waals surface area contributed by atoms with Crippen molar-refractivity contribution >= 4 is 11.8 Å². The van der Waals surface area contributed by atoms with Crippen molar-refractivity contribution < 1.29 is 23.5 Å². The van der Waals surface area contributed by atoms with E-state index in [1.165, 1.54) is 12.3 Å². The van der Waals surface area contributed by atoms with Crippen LogP contribution in [0.1, 0.15) is 22.8 Å². The van der Waals surface area contributed by atoms with Crippen molar-refractivity contribution in [3.8, 4) is 22.8 Å². The summed E-state index contributed by atoms with van der Waals surface area (Å²) in [4.78, 5) is 27.7. The summed E-state index contributed by atoms with van der Waals surface area (Å²) in [5.41, 5.74) is 4.70. The molecule has 1 saturated heterocycles. The van der Waals surface area contributed by atoms with Gasteiger partial charge in [-0.05, 0) is 42.8 Å². The molecule has 2 N–H and O–H groups in total. The average Bonchev–Trinajstić information content (AvgIpc) is 3.70. The Hall–Kier alpha value is -4.39. The Kier molecular flexibility index (Phi) is 7.59. The second kappa shape index (κ2) is 11.6. The van der Waals surface area contributed by atoms with Crippen LogP contribution in [0, 0.1) is 12.9 Å². The first-order chi connectivity index (χ1) is 20.0.